The number of rotatable bonds is 6. The highest BCUT2D eigenvalue weighted by Gasteiger charge is 2.12. The van der Waals surface area contributed by atoms with Crippen molar-refractivity contribution in [3.8, 4) is 5.75 Å². The zero-order chi connectivity index (χ0) is 21.2. The van der Waals surface area contributed by atoms with E-state index in [1.54, 1.807) is 23.7 Å². The first kappa shape index (κ1) is 21.9. The van der Waals surface area contributed by atoms with Crippen LogP contribution in [0.4, 0.5) is 0 Å². The van der Waals surface area contributed by atoms with Gasteiger partial charge in [-0.2, -0.15) is 0 Å². The monoisotopic (exact) mass is 399 g/mol. The minimum absolute atomic E-state index is 0.258. The smallest absolute Gasteiger partial charge is 0.287 e. The normalized spacial score (nSPS) is 10.1. The summed E-state index contributed by atoms with van der Waals surface area (Å²) in [5.41, 5.74) is 3.56. The SMILES string of the molecule is CNC.Cc1cccc2cc(C(=O)NCCOc3ccc(C(=O)NO)cc3)oc12. The zero-order valence-corrected chi connectivity index (χ0v) is 16.6. The van der Waals surface area contributed by atoms with Crippen molar-refractivity contribution in [2.75, 3.05) is 27.2 Å². The minimum Gasteiger partial charge on any atom is -0.492 e. The van der Waals surface area contributed by atoms with Gasteiger partial charge in [-0.1, -0.05) is 18.2 Å². The second-order valence-electron chi connectivity index (χ2n) is 6.17. The molecule has 0 unspecified atom stereocenters. The molecule has 29 heavy (non-hydrogen) atoms. The maximum absolute atomic E-state index is 12.2. The number of carbonyl (C=O) groups is 2. The molecule has 0 atom stereocenters. The van der Waals surface area contributed by atoms with Gasteiger partial charge in [0.25, 0.3) is 11.8 Å². The Morgan fingerprint density at radius 1 is 1.07 bits per heavy atom. The van der Waals surface area contributed by atoms with Crippen molar-refractivity contribution in [2.45, 2.75) is 6.92 Å². The molecule has 0 aliphatic heterocycles. The summed E-state index contributed by atoms with van der Waals surface area (Å²) >= 11 is 0. The van der Waals surface area contributed by atoms with Crippen molar-refractivity contribution in [1.29, 1.82) is 0 Å². The molecule has 1 aromatic heterocycles. The van der Waals surface area contributed by atoms with Crippen molar-refractivity contribution in [1.82, 2.24) is 16.1 Å². The van der Waals surface area contributed by atoms with E-state index < -0.39 is 5.91 Å². The summed E-state index contributed by atoms with van der Waals surface area (Å²) in [5.74, 6) is -0.0918. The lowest BCUT2D eigenvalue weighted by Gasteiger charge is -2.07. The molecule has 8 heteroatoms. The van der Waals surface area contributed by atoms with Crippen molar-refractivity contribution < 1.29 is 24.0 Å². The Morgan fingerprint density at radius 3 is 2.38 bits per heavy atom. The predicted octanol–water partition coefficient (Wildman–Crippen LogP) is 2.50. The van der Waals surface area contributed by atoms with Crippen LogP contribution in [0.25, 0.3) is 11.0 Å². The van der Waals surface area contributed by atoms with Gasteiger partial charge in [-0.05, 0) is 56.9 Å². The average Bonchev–Trinajstić information content (AvgIpc) is 3.17. The molecule has 0 saturated carbocycles. The Bertz CT molecular complexity index is 951. The Labute approximate surface area is 168 Å². The fourth-order valence-electron chi connectivity index (χ4n) is 2.51. The first-order valence-electron chi connectivity index (χ1n) is 9.03. The van der Waals surface area contributed by atoms with E-state index in [-0.39, 0.29) is 18.3 Å². The van der Waals surface area contributed by atoms with Crippen molar-refractivity contribution in [2.24, 2.45) is 0 Å². The number of hydrogen-bond donors (Lipinski definition) is 4. The Balaban J connectivity index is 0.000000941. The van der Waals surface area contributed by atoms with Crippen LogP contribution in [0.1, 0.15) is 26.5 Å². The number of hydrogen-bond acceptors (Lipinski definition) is 6. The zero-order valence-electron chi connectivity index (χ0n) is 16.6. The molecule has 8 nitrogen and oxygen atoms in total. The minimum atomic E-state index is -0.593. The molecular formula is C21H25N3O5. The Hall–Kier alpha value is -3.36. The molecule has 0 spiro atoms. The highest BCUT2D eigenvalue weighted by atomic mass is 16.5. The number of fused-ring (bicyclic) bond motifs is 1. The van der Waals surface area contributed by atoms with Gasteiger partial charge >= 0.3 is 0 Å². The third kappa shape index (κ3) is 6.06. The van der Waals surface area contributed by atoms with E-state index in [4.69, 9.17) is 14.4 Å². The van der Waals surface area contributed by atoms with Gasteiger partial charge in [0, 0.05) is 10.9 Å². The molecule has 154 valence electrons. The summed E-state index contributed by atoms with van der Waals surface area (Å²) in [6, 6.07) is 13.7. The topological polar surface area (TPSA) is 113 Å². The first-order chi connectivity index (χ1) is 14.0. The quantitative estimate of drug-likeness (QED) is 0.288. The van der Waals surface area contributed by atoms with Crippen LogP contribution in [0.5, 0.6) is 5.75 Å². The number of amides is 2. The summed E-state index contributed by atoms with van der Waals surface area (Å²) in [5, 5.41) is 14.9. The largest absolute Gasteiger partial charge is 0.492 e. The molecule has 0 saturated heterocycles. The van der Waals surface area contributed by atoms with Gasteiger partial charge in [-0.3, -0.25) is 14.8 Å². The summed E-state index contributed by atoms with van der Waals surface area (Å²) in [4.78, 5) is 23.4. The lowest BCUT2D eigenvalue weighted by atomic mass is 10.2. The number of ether oxygens (including phenoxy) is 1. The first-order valence-corrected chi connectivity index (χ1v) is 9.03. The van der Waals surface area contributed by atoms with Crippen molar-refractivity contribution >= 4 is 22.8 Å². The fraction of sp³-hybridized carbons (Fsp3) is 0.238. The van der Waals surface area contributed by atoms with Gasteiger partial charge in [0.2, 0.25) is 0 Å². The molecule has 3 aromatic rings. The van der Waals surface area contributed by atoms with Crippen LogP contribution in [0, 0.1) is 6.92 Å². The lowest BCUT2D eigenvalue weighted by molar-refractivity contribution is 0.0706. The van der Waals surface area contributed by atoms with Crippen LogP contribution in [-0.2, 0) is 0 Å². The summed E-state index contributed by atoms with van der Waals surface area (Å²) in [6.45, 7) is 2.49. The van der Waals surface area contributed by atoms with Gasteiger partial charge in [0.15, 0.2) is 5.76 Å². The van der Waals surface area contributed by atoms with E-state index >= 15 is 0 Å². The highest BCUT2D eigenvalue weighted by Crippen LogP contribution is 2.22. The van der Waals surface area contributed by atoms with E-state index in [0.29, 0.717) is 23.4 Å². The second-order valence-corrected chi connectivity index (χ2v) is 6.17. The van der Waals surface area contributed by atoms with E-state index in [0.717, 1.165) is 10.9 Å². The summed E-state index contributed by atoms with van der Waals surface area (Å²) in [7, 11) is 3.75. The number of para-hydroxylation sites is 1. The third-order valence-electron chi connectivity index (χ3n) is 3.84. The summed E-state index contributed by atoms with van der Waals surface area (Å²) in [6.07, 6.45) is 0. The molecule has 1 heterocycles. The number of benzene rings is 2. The van der Waals surface area contributed by atoms with Gasteiger partial charge in [-0.15, -0.1) is 0 Å². The Kier molecular flexibility index (Phi) is 8.20. The van der Waals surface area contributed by atoms with E-state index in [1.807, 2.05) is 39.2 Å². The van der Waals surface area contributed by atoms with E-state index in [2.05, 4.69) is 10.6 Å². The number of furan rings is 1. The molecule has 3 rings (SSSR count). The molecule has 0 bridgehead atoms. The molecule has 2 amide bonds. The third-order valence-corrected chi connectivity index (χ3v) is 3.84. The van der Waals surface area contributed by atoms with Crippen LogP contribution in [0.15, 0.2) is 52.9 Å². The van der Waals surface area contributed by atoms with Crippen LogP contribution in [0.2, 0.25) is 0 Å². The van der Waals surface area contributed by atoms with Crippen molar-refractivity contribution in [3.05, 3.63) is 65.4 Å². The van der Waals surface area contributed by atoms with E-state index in [1.165, 1.54) is 12.1 Å². The van der Waals surface area contributed by atoms with Crippen LogP contribution < -0.4 is 20.9 Å². The lowest BCUT2D eigenvalue weighted by Crippen LogP contribution is -2.27. The maximum atomic E-state index is 12.2. The predicted molar refractivity (Wildman–Crippen MR) is 109 cm³/mol. The van der Waals surface area contributed by atoms with Gasteiger partial charge in [0.05, 0.1) is 6.54 Å². The molecule has 2 aromatic carbocycles. The highest BCUT2D eigenvalue weighted by molar-refractivity contribution is 5.96. The molecular weight excluding hydrogens is 374 g/mol. The van der Waals surface area contributed by atoms with Crippen LogP contribution in [-0.4, -0.2) is 44.3 Å². The molecule has 0 aliphatic rings. The van der Waals surface area contributed by atoms with E-state index in [9.17, 15) is 9.59 Å². The standard InChI is InChI=1S/C19H18N2O5.C2H7N/c1-12-3-2-4-14-11-16(26-17(12)14)19(23)20-9-10-25-15-7-5-13(6-8-15)18(22)21-24;1-3-2/h2-8,11,24H,9-10H2,1H3,(H,20,23)(H,21,22);3H,1-2H3. The average molecular weight is 399 g/mol. The fourth-order valence-corrected chi connectivity index (χ4v) is 2.51. The number of aryl methyl sites for hydroxylation is 1. The molecule has 4 N–H and O–H groups in total. The number of hydroxylamine groups is 1. The van der Waals surface area contributed by atoms with Crippen molar-refractivity contribution in [3.63, 3.8) is 0 Å². The number of nitrogens with one attached hydrogen (secondary N) is 3. The molecule has 0 aliphatic carbocycles. The molecule has 0 fully saturated rings. The number of carbonyl (C=O) groups excluding carboxylic acids is 2. The van der Waals surface area contributed by atoms with Gasteiger partial charge < -0.3 is 19.8 Å². The summed E-state index contributed by atoms with van der Waals surface area (Å²) < 4.78 is 11.1. The van der Waals surface area contributed by atoms with Gasteiger partial charge in [0.1, 0.15) is 17.9 Å². The Morgan fingerprint density at radius 2 is 1.76 bits per heavy atom. The van der Waals surface area contributed by atoms with Crippen LogP contribution >= 0.6 is 0 Å². The second kappa shape index (κ2) is 10.8. The van der Waals surface area contributed by atoms with Gasteiger partial charge in [-0.25, -0.2) is 5.48 Å². The van der Waals surface area contributed by atoms with Crippen LogP contribution in [0.3, 0.4) is 0 Å². The molecule has 0 radical (unpaired) electrons. The maximum Gasteiger partial charge on any atom is 0.287 e.